The second kappa shape index (κ2) is 4.17. The lowest BCUT2D eigenvalue weighted by molar-refractivity contribution is -0.154. The number of nitrogens with one attached hydrogen (secondary N) is 1. The highest BCUT2D eigenvalue weighted by Gasteiger charge is 2.43. The van der Waals surface area contributed by atoms with Gasteiger partial charge in [-0.1, -0.05) is 12.2 Å². The smallest absolute Gasteiger partial charge is 0.252 e. The fourth-order valence-corrected chi connectivity index (χ4v) is 1.55. The Labute approximate surface area is 98.1 Å². The molecule has 0 radical (unpaired) electrons. The highest BCUT2D eigenvalue weighted by atomic mass is 32.1. The predicted molar refractivity (Wildman–Crippen MR) is 60.3 cm³/mol. The van der Waals surface area contributed by atoms with Gasteiger partial charge in [0.15, 0.2) is 0 Å². The van der Waals surface area contributed by atoms with Crippen LogP contribution in [0, 0.1) is 0 Å². The summed E-state index contributed by atoms with van der Waals surface area (Å²) < 4.78 is 0. The van der Waals surface area contributed by atoms with Crippen molar-refractivity contribution in [2.24, 2.45) is 5.73 Å². The van der Waals surface area contributed by atoms with Gasteiger partial charge in [-0.2, -0.15) is 0 Å². The SMILES string of the molecule is CC1(C)C(=O)NC(=O)CN1C(=O)CC(N)=S. The first-order chi connectivity index (χ1) is 7.25. The van der Waals surface area contributed by atoms with E-state index in [1.165, 1.54) is 4.90 Å². The topological polar surface area (TPSA) is 92.5 Å². The summed E-state index contributed by atoms with van der Waals surface area (Å²) >= 11 is 4.62. The Kier molecular flexibility index (Phi) is 3.27. The fourth-order valence-electron chi connectivity index (χ4n) is 1.43. The number of carbonyl (C=O) groups is 3. The van der Waals surface area contributed by atoms with Gasteiger partial charge in [0, 0.05) is 0 Å². The molecule has 0 aromatic rings. The van der Waals surface area contributed by atoms with Crippen molar-refractivity contribution < 1.29 is 14.4 Å². The molecule has 0 unspecified atom stereocenters. The number of amides is 3. The van der Waals surface area contributed by atoms with Crippen molar-refractivity contribution in [2.45, 2.75) is 25.8 Å². The van der Waals surface area contributed by atoms with Gasteiger partial charge in [-0.05, 0) is 13.8 Å². The van der Waals surface area contributed by atoms with E-state index in [0.717, 1.165) is 0 Å². The molecule has 3 amide bonds. The molecule has 6 nitrogen and oxygen atoms in total. The highest BCUT2D eigenvalue weighted by molar-refractivity contribution is 7.80. The first kappa shape index (κ1) is 12.6. The van der Waals surface area contributed by atoms with E-state index >= 15 is 0 Å². The maximum absolute atomic E-state index is 11.7. The maximum atomic E-state index is 11.7. The number of rotatable bonds is 2. The quantitative estimate of drug-likeness (QED) is 0.476. The summed E-state index contributed by atoms with van der Waals surface area (Å²) in [7, 11) is 0. The zero-order valence-corrected chi connectivity index (χ0v) is 9.89. The zero-order valence-electron chi connectivity index (χ0n) is 9.07. The summed E-state index contributed by atoms with van der Waals surface area (Å²) in [6.45, 7) is 2.97. The Morgan fingerprint density at radius 1 is 1.56 bits per heavy atom. The lowest BCUT2D eigenvalue weighted by Gasteiger charge is -2.40. The van der Waals surface area contributed by atoms with Crippen molar-refractivity contribution >= 4 is 34.9 Å². The third-order valence-corrected chi connectivity index (χ3v) is 2.56. The molecule has 3 N–H and O–H groups in total. The number of nitrogens with two attached hydrogens (primary N) is 1. The van der Waals surface area contributed by atoms with Gasteiger partial charge in [-0.15, -0.1) is 0 Å². The van der Waals surface area contributed by atoms with Crippen molar-refractivity contribution in [3.8, 4) is 0 Å². The Hall–Kier alpha value is -1.50. The van der Waals surface area contributed by atoms with Crippen LogP contribution in [0.2, 0.25) is 0 Å². The molecule has 1 aliphatic heterocycles. The Balaban J connectivity index is 2.91. The molecule has 7 heteroatoms. The summed E-state index contributed by atoms with van der Waals surface area (Å²) in [6.07, 6.45) is -0.140. The summed E-state index contributed by atoms with van der Waals surface area (Å²) in [5, 5.41) is 2.17. The van der Waals surface area contributed by atoms with E-state index in [1.807, 2.05) is 0 Å². The number of hydrogen-bond acceptors (Lipinski definition) is 4. The van der Waals surface area contributed by atoms with Gasteiger partial charge in [0.2, 0.25) is 11.8 Å². The molecule has 1 fully saturated rings. The van der Waals surface area contributed by atoms with E-state index in [9.17, 15) is 14.4 Å². The van der Waals surface area contributed by atoms with Gasteiger partial charge in [-0.25, -0.2) is 0 Å². The van der Waals surface area contributed by atoms with Crippen LogP contribution < -0.4 is 11.1 Å². The van der Waals surface area contributed by atoms with Crippen molar-refractivity contribution in [3.63, 3.8) is 0 Å². The fraction of sp³-hybridized carbons (Fsp3) is 0.556. The van der Waals surface area contributed by atoms with Crippen LogP contribution in [0.15, 0.2) is 0 Å². The van der Waals surface area contributed by atoms with Crippen molar-refractivity contribution in [1.29, 1.82) is 0 Å². The monoisotopic (exact) mass is 243 g/mol. The van der Waals surface area contributed by atoms with Crippen LogP contribution in [0.25, 0.3) is 0 Å². The second-order valence-corrected chi connectivity index (χ2v) is 4.58. The van der Waals surface area contributed by atoms with E-state index in [-0.39, 0.29) is 18.0 Å². The maximum Gasteiger partial charge on any atom is 0.252 e. The normalized spacial score (nSPS) is 19.2. The van der Waals surface area contributed by atoms with Crippen LogP contribution in [0.1, 0.15) is 20.3 Å². The molecule has 0 aliphatic carbocycles. The zero-order chi connectivity index (χ0) is 12.5. The molecule has 1 saturated heterocycles. The van der Waals surface area contributed by atoms with Gasteiger partial charge in [0.05, 0.1) is 11.4 Å². The summed E-state index contributed by atoms with van der Waals surface area (Å²) in [5.74, 6) is -1.42. The van der Waals surface area contributed by atoms with Gasteiger partial charge in [0.1, 0.15) is 12.1 Å². The van der Waals surface area contributed by atoms with Crippen LogP contribution >= 0.6 is 12.2 Å². The molecule has 0 aromatic heterocycles. The second-order valence-electron chi connectivity index (χ2n) is 4.06. The van der Waals surface area contributed by atoms with Crippen LogP contribution in [-0.4, -0.2) is 39.7 Å². The third-order valence-electron chi connectivity index (χ3n) is 2.41. The molecule has 88 valence electrons. The third kappa shape index (κ3) is 2.35. The molecular weight excluding hydrogens is 230 g/mol. The van der Waals surface area contributed by atoms with Crippen molar-refractivity contribution in [3.05, 3.63) is 0 Å². The van der Waals surface area contributed by atoms with Crippen molar-refractivity contribution in [1.82, 2.24) is 10.2 Å². The average Bonchev–Trinajstić information content (AvgIpc) is 2.10. The molecule has 16 heavy (non-hydrogen) atoms. The van der Waals surface area contributed by atoms with E-state index in [1.54, 1.807) is 13.8 Å². The van der Waals surface area contributed by atoms with E-state index in [4.69, 9.17) is 5.73 Å². The molecule has 0 aromatic carbocycles. The van der Waals surface area contributed by atoms with Crippen LogP contribution in [0.4, 0.5) is 0 Å². The molecule has 0 spiro atoms. The minimum atomic E-state index is -1.06. The van der Waals surface area contributed by atoms with Gasteiger partial charge >= 0.3 is 0 Å². The lowest BCUT2D eigenvalue weighted by atomic mass is 9.98. The van der Waals surface area contributed by atoms with Crippen molar-refractivity contribution in [2.75, 3.05) is 6.54 Å². The van der Waals surface area contributed by atoms with Crippen LogP contribution in [0.3, 0.4) is 0 Å². The average molecular weight is 243 g/mol. The van der Waals surface area contributed by atoms with Crippen LogP contribution in [0.5, 0.6) is 0 Å². The minimum Gasteiger partial charge on any atom is -0.393 e. The van der Waals surface area contributed by atoms with E-state index in [2.05, 4.69) is 17.5 Å². The summed E-state index contributed by atoms with van der Waals surface area (Å²) in [6, 6.07) is 0. The summed E-state index contributed by atoms with van der Waals surface area (Å²) in [5.41, 5.74) is 4.20. The first-order valence-electron chi connectivity index (χ1n) is 4.68. The number of nitrogens with zero attached hydrogens (tertiary/aromatic N) is 1. The number of carbonyl (C=O) groups excluding carboxylic acids is 3. The van der Waals surface area contributed by atoms with Gasteiger partial charge in [0.25, 0.3) is 5.91 Å². The predicted octanol–water partition coefficient (Wildman–Crippen LogP) is -1.07. The highest BCUT2D eigenvalue weighted by Crippen LogP contribution is 2.19. The molecule has 0 bridgehead atoms. The molecule has 0 saturated carbocycles. The number of thiocarbonyl (C=S) groups is 1. The molecule has 1 aliphatic rings. The molecule has 0 atom stereocenters. The number of hydrogen-bond donors (Lipinski definition) is 2. The van der Waals surface area contributed by atoms with Gasteiger partial charge in [-0.3, -0.25) is 19.7 Å². The molecular formula is C9H13N3O3S. The Morgan fingerprint density at radius 2 is 2.12 bits per heavy atom. The number of imide groups is 1. The minimum absolute atomic E-state index is 0.0410. The lowest BCUT2D eigenvalue weighted by Crippen LogP contribution is -2.65. The number of piperazine rings is 1. The largest absolute Gasteiger partial charge is 0.393 e. The van der Waals surface area contributed by atoms with Gasteiger partial charge < -0.3 is 10.6 Å². The first-order valence-corrected chi connectivity index (χ1v) is 5.09. The standard InChI is InChI=1S/C9H13N3O3S/c1-9(2)8(15)11-6(13)4-12(9)7(14)3-5(10)16/h3-4H2,1-2H3,(H2,10,16)(H,11,13,15). The Morgan fingerprint density at radius 3 is 2.62 bits per heavy atom. The van der Waals surface area contributed by atoms with E-state index in [0.29, 0.717) is 0 Å². The Bertz CT molecular complexity index is 378. The van der Waals surface area contributed by atoms with E-state index < -0.39 is 23.3 Å². The molecule has 1 rings (SSSR count). The van der Waals surface area contributed by atoms with Crippen LogP contribution in [-0.2, 0) is 14.4 Å². The summed E-state index contributed by atoms with van der Waals surface area (Å²) in [4.78, 5) is 35.7. The molecule has 1 heterocycles.